The summed E-state index contributed by atoms with van der Waals surface area (Å²) < 4.78 is 7.99. The molecule has 0 amide bonds. The maximum absolute atomic E-state index is 5.96. The summed E-state index contributed by atoms with van der Waals surface area (Å²) >= 11 is 0. The van der Waals surface area contributed by atoms with Crippen molar-refractivity contribution in [3.8, 4) is 0 Å². The van der Waals surface area contributed by atoms with E-state index in [0.717, 1.165) is 25.7 Å². The summed E-state index contributed by atoms with van der Waals surface area (Å²) in [7, 11) is 0. The van der Waals surface area contributed by atoms with Gasteiger partial charge in [0.2, 0.25) is 0 Å². The number of ether oxygens (including phenoxy) is 1. The van der Waals surface area contributed by atoms with Crippen molar-refractivity contribution in [3.05, 3.63) is 42.0 Å². The zero-order valence-corrected chi connectivity index (χ0v) is 13.3. The molecule has 0 N–H and O–H groups in total. The monoisotopic (exact) mass is 276 g/mol. The molecule has 1 rings (SSSR count). The summed E-state index contributed by atoms with van der Waals surface area (Å²) in [6.07, 6.45) is 14.5. The first-order chi connectivity index (χ1) is 9.63. The molecule has 1 aromatic rings. The van der Waals surface area contributed by atoms with E-state index in [2.05, 4.69) is 44.8 Å². The first-order valence-electron chi connectivity index (χ1n) is 7.51. The predicted molar refractivity (Wildman–Crippen MR) is 84.5 cm³/mol. The van der Waals surface area contributed by atoms with Gasteiger partial charge in [0.25, 0.3) is 0 Å². The van der Waals surface area contributed by atoms with Crippen molar-refractivity contribution in [3.63, 3.8) is 0 Å². The third-order valence-corrected chi connectivity index (χ3v) is 3.20. The Morgan fingerprint density at radius 2 is 2.10 bits per heavy atom. The molecule has 1 heterocycles. The Hall–Kier alpha value is -1.35. The van der Waals surface area contributed by atoms with Gasteiger partial charge in [-0.2, -0.15) is 0 Å². The number of hydrogen-bond acceptors (Lipinski definition) is 2. The van der Waals surface area contributed by atoms with Crippen molar-refractivity contribution in [1.82, 2.24) is 9.55 Å². The number of aromatic nitrogens is 2. The average Bonchev–Trinajstić information content (AvgIpc) is 2.91. The normalized spacial score (nSPS) is 13.3. The number of allylic oxidation sites excluding steroid dienone is 3. The molecule has 0 aliphatic carbocycles. The van der Waals surface area contributed by atoms with E-state index in [1.54, 1.807) is 6.20 Å². The van der Waals surface area contributed by atoms with E-state index in [1.165, 1.54) is 11.1 Å². The summed E-state index contributed by atoms with van der Waals surface area (Å²) in [5, 5.41) is 0. The maximum Gasteiger partial charge on any atom is 0.135 e. The van der Waals surface area contributed by atoms with Crippen molar-refractivity contribution < 1.29 is 4.74 Å². The van der Waals surface area contributed by atoms with Gasteiger partial charge in [0.15, 0.2) is 0 Å². The second-order valence-electron chi connectivity index (χ2n) is 5.46. The van der Waals surface area contributed by atoms with Crippen molar-refractivity contribution in [2.45, 2.75) is 59.6 Å². The summed E-state index contributed by atoms with van der Waals surface area (Å²) in [5.74, 6) is 0. The number of rotatable bonds is 9. The molecule has 3 heteroatoms. The molecule has 0 fully saturated rings. The minimum Gasteiger partial charge on any atom is -0.354 e. The lowest BCUT2D eigenvalue weighted by atomic mass is 10.1. The van der Waals surface area contributed by atoms with Crippen molar-refractivity contribution in [2.75, 3.05) is 6.61 Å². The zero-order chi connectivity index (χ0) is 14.8. The number of imidazole rings is 1. The van der Waals surface area contributed by atoms with Gasteiger partial charge in [-0.1, -0.05) is 36.6 Å². The Bertz CT molecular complexity index is 414. The standard InChI is InChI=1S/C17H28N2O/c1-5-7-17(19-12-11-18-14-19)20-13-10-16(4)9-6-8-15(2)3/h8,10-12,14,17H,5-7,9,13H2,1-4H3/b16-10+. The quantitative estimate of drug-likeness (QED) is 0.600. The van der Waals surface area contributed by atoms with Crippen LogP contribution < -0.4 is 0 Å². The van der Waals surface area contributed by atoms with Crippen LogP contribution in [-0.2, 0) is 4.74 Å². The smallest absolute Gasteiger partial charge is 0.135 e. The third kappa shape index (κ3) is 6.71. The van der Waals surface area contributed by atoms with E-state index in [4.69, 9.17) is 4.74 Å². The molecular weight excluding hydrogens is 248 g/mol. The number of hydrogen-bond donors (Lipinski definition) is 0. The topological polar surface area (TPSA) is 27.1 Å². The Balaban J connectivity index is 2.38. The van der Waals surface area contributed by atoms with Gasteiger partial charge in [-0.25, -0.2) is 4.98 Å². The SMILES string of the molecule is CCCC(OC/C=C(\C)CCC=C(C)C)n1ccnc1. The van der Waals surface area contributed by atoms with Crippen LogP contribution in [0.15, 0.2) is 42.0 Å². The fraction of sp³-hybridized carbons (Fsp3) is 0.588. The van der Waals surface area contributed by atoms with Crippen LogP contribution >= 0.6 is 0 Å². The fourth-order valence-electron chi connectivity index (χ4n) is 2.00. The lowest BCUT2D eigenvalue weighted by Crippen LogP contribution is -2.11. The van der Waals surface area contributed by atoms with Crippen LogP contribution in [-0.4, -0.2) is 16.2 Å². The van der Waals surface area contributed by atoms with E-state index < -0.39 is 0 Å². The highest BCUT2D eigenvalue weighted by atomic mass is 16.5. The summed E-state index contributed by atoms with van der Waals surface area (Å²) in [4.78, 5) is 4.09. The molecule has 1 unspecified atom stereocenters. The number of nitrogens with zero attached hydrogens (tertiary/aromatic N) is 2. The Morgan fingerprint density at radius 3 is 2.70 bits per heavy atom. The van der Waals surface area contributed by atoms with Crippen LogP contribution in [0.3, 0.4) is 0 Å². The molecule has 112 valence electrons. The van der Waals surface area contributed by atoms with E-state index in [1.807, 2.05) is 17.1 Å². The molecule has 0 aliphatic heterocycles. The molecule has 0 aromatic carbocycles. The molecule has 1 aromatic heterocycles. The van der Waals surface area contributed by atoms with Gasteiger partial charge in [-0.15, -0.1) is 0 Å². The second kappa shape index (κ2) is 9.54. The Labute approximate surface area is 123 Å². The molecule has 0 bridgehead atoms. The van der Waals surface area contributed by atoms with Crippen LogP contribution in [0.1, 0.15) is 59.6 Å². The van der Waals surface area contributed by atoms with Crippen LogP contribution in [0, 0.1) is 0 Å². The molecule has 0 radical (unpaired) electrons. The molecule has 0 saturated carbocycles. The van der Waals surface area contributed by atoms with Crippen molar-refractivity contribution >= 4 is 0 Å². The van der Waals surface area contributed by atoms with Gasteiger partial charge in [0, 0.05) is 12.4 Å². The van der Waals surface area contributed by atoms with Crippen molar-refractivity contribution in [2.24, 2.45) is 0 Å². The van der Waals surface area contributed by atoms with E-state index in [0.29, 0.717) is 6.61 Å². The lowest BCUT2D eigenvalue weighted by Gasteiger charge is -2.17. The maximum atomic E-state index is 5.96. The lowest BCUT2D eigenvalue weighted by molar-refractivity contribution is 0.0126. The highest BCUT2D eigenvalue weighted by Gasteiger charge is 2.08. The Morgan fingerprint density at radius 1 is 1.30 bits per heavy atom. The summed E-state index contributed by atoms with van der Waals surface area (Å²) in [5.41, 5.74) is 2.78. The minimum absolute atomic E-state index is 0.101. The van der Waals surface area contributed by atoms with Gasteiger partial charge in [-0.3, -0.25) is 0 Å². The molecule has 1 atom stereocenters. The van der Waals surface area contributed by atoms with Crippen LogP contribution in [0.4, 0.5) is 0 Å². The van der Waals surface area contributed by atoms with Crippen LogP contribution in [0.2, 0.25) is 0 Å². The van der Waals surface area contributed by atoms with Crippen molar-refractivity contribution in [1.29, 1.82) is 0 Å². The summed E-state index contributed by atoms with van der Waals surface area (Å²) in [6, 6.07) is 0. The van der Waals surface area contributed by atoms with Crippen LogP contribution in [0.5, 0.6) is 0 Å². The van der Waals surface area contributed by atoms with Gasteiger partial charge < -0.3 is 9.30 Å². The first-order valence-corrected chi connectivity index (χ1v) is 7.51. The summed E-state index contributed by atoms with van der Waals surface area (Å²) in [6.45, 7) is 9.30. The molecular formula is C17H28N2O. The van der Waals surface area contributed by atoms with Gasteiger partial charge in [0.1, 0.15) is 6.23 Å². The van der Waals surface area contributed by atoms with Gasteiger partial charge >= 0.3 is 0 Å². The van der Waals surface area contributed by atoms with Gasteiger partial charge in [-0.05, 0) is 40.0 Å². The fourth-order valence-corrected chi connectivity index (χ4v) is 2.00. The first kappa shape index (κ1) is 16.7. The molecule has 20 heavy (non-hydrogen) atoms. The largest absolute Gasteiger partial charge is 0.354 e. The van der Waals surface area contributed by atoms with E-state index in [-0.39, 0.29) is 6.23 Å². The second-order valence-corrected chi connectivity index (χ2v) is 5.46. The molecule has 0 spiro atoms. The van der Waals surface area contributed by atoms with E-state index >= 15 is 0 Å². The van der Waals surface area contributed by atoms with Gasteiger partial charge in [0.05, 0.1) is 12.9 Å². The van der Waals surface area contributed by atoms with Crippen LogP contribution in [0.25, 0.3) is 0 Å². The van der Waals surface area contributed by atoms with E-state index in [9.17, 15) is 0 Å². The minimum atomic E-state index is 0.101. The third-order valence-electron chi connectivity index (χ3n) is 3.20. The molecule has 3 nitrogen and oxygen atoms in total. The highest BCUT2D eigenvalue weighted by molar-refractivity contribution is 5.02. The highest BCUT2D eigenvalue weighted by Crippen LogP contribution is 2.15. The average molecular weight is 276 g/mol. The predicted octanol–water partition coefficient (Wildman–Crippen LogP) is 4.89. The molecule has 0 saturated heterocycles. The Kier molecular flexibility index (Phi) is 7.97. The molecule has 0 aliphatic rings. The zero-order valence-electron chi connectivity index (χ0n) is 13.3.